The molecule has 28 heavy (non-hydrogen) atoms. The average molecular weight is 383 g/mol. The zero-order valence-corrected chi connectivity index (χ0v) is 15.9. The van der Waals surface area contributed by atoms with E-state index in [9.17, 15) is 14.0 Å². The van der Waals surface area contributed by atoms with Gasteiger partial charge in [-0.2, -0.15) is 0 Å². The lowest BCUT2D eigenvalue weighted by Crippen LogP contribution is -2.49. The fourth-order valence-corrected chi connectivity index (χ4v) is 3.80. The smallest absolute Gasteiger partial charge is 0.232 e. The number of nitrogens with zero attached hydrogens (tertiary/aromatic N) is 4. The third kappa shape index (κ3) is 3.42. The lowest BCUT2D eigenvalue weighted by Gasteiger charge is -2.36. The number of carbonyl (C=O) groups excluding carboxylic acids is 2. The van der Waals surface area contributed by atoms with Gasteiger partial charge in [-0.05, 0) is 37.6 Å². The number of benzene rings is 1. The number of aromatic nitrogens is 2. The second-order valence-corrected chi connectivity index (χ2v) is 7.27. The highest BCUT2D eigenvalue weighted by molar-refractivity contribution is 6.04. The van der Waals surface area contributed by atoms with E-state index in [4.69, 9.17) is 0 Å². The summed E-state index contributed by atoms with van der Waals surface area (Å²) in [5.74, 6) is -0.536. The number of hydrogen-bond acceptors (Lipinski definition) is 5. The molecule has 3 heterocycles. The third-order valence-electron chi connectivity index (χ3n) is 5.32. The molecule has 2 aliphatic rings. The number of nitrogens with one attached hydrogen (secondary N) is 1. The molecule has 0 saturated carbocycles. The van der Waals surface area contributed by atoms with Crippen molar-refractivity contribution in [2.45, 2.75) is 26.2 Å². The first-order chi connectivity index (χ1) is 13.4. The van der Waals surface area contributed by atoms with Gasteiger partial charge in [-0.25, -0.2) is 9.37 Å². The second kappa shape index (κ2) is 7.18. The number of fused-ring (bicyclic) bond motifs is 1. The molecular weight excluding hydrogens is 361 g/mol. The van der Waals surface area contributed by atoms with Gasteiger partial charge in [-0.3, -0.25) is 14.6 Å². The van der Waals surface area contributed by atoms with Gasteiger partial charge in [-0.1, -0.05) is 0 Å². The van der Waals surface area contributed by atoms with Gasteiger partial charge in [0, 0.05) is 44.5 Å². The Hall–Kier alpha value is -3.03. The van der Waals surface area contributed by atoms with Gasteiger partial charge < -0.3 is 15.1 Å². The van der Waals surface area contributed by atoms with Crippen LogP contribution in [0.4, 0.5) is 15.9 Å². The predicted octanol–water partition coefficient (Wildman–Crippen LogP) is 2.01. The van der Waals surface area contributed by atoms with Crippen molar-refractivity contribution in [3.63, 3.8) is 0 Å². The third-order valence-corrected chi connectivity index (χ3v) is 5.32. The Morgan fingerprint density at radius 3 is 2.75 bits per heavy atom. The first kappa shape index (κ1) is 18.3. The molecule has 4 rings (SSSR count). The standard InChI is InChI=1S/C20H22FN5O2/c1-12-11-22-13(2)19(23-12)26-7-5-25(6-8-26)18(27)10-16-15-9-14(21)3-4-17(15)24-20(16)28/h3-4,9,11,16H,5-8,10H2,1-2H3,(H,24,28)/t16-/m0/s1. The van der Waals surface area contributed by atoms with Crippen LogP contribution in [0.1, 0.15) is 29.3 Å². The van der Waals surface area contributed by atoms with Gasteiger partial charge in [-0.15, -0.1) is 0 Å². The van der Waals surface area contributed by atoms with Crippen LogP contribution >= 0.6 is 0 Å². The summed E-state index contributed by atoms with van der Waals surface area (Å²) >= 11 is 0. The van der Waals surface area contributed by atoms with Gasteiger partial charge in [0.25, 0.3) is 0 Å². The number of aryl methyl sites for hydroxylation is 2. The van der Waals surface area contributed by atoms with E-state index in [1.54, 1.807) is 11.1 Å². The Bertz CT molecular complexity index is 940. The zero-order valence-electron chi connectivity index (χ0n) is 15.9. The molecule has 2 aliphatic heterocycles. The number of amides is 2. The monoisotopic (exact) mass is 383 g/mol. The van der Waals surface area contributed by atoms with Crippen molar-refractivity contribution in [2.24, 2.45) is 0 Å². The molecule has 0 unspecified atom stereocenters. The molecule has 0 aliphatic carbocycles. The molecule has 2 amide bonds. The van der Waals surface area contributed by atoms with Crippen molar-refractivity contribution in [1.82, 2.24) is 14.9 Å². The minimum atomic E-state index is -0.638. The van der Waals surface area contributed by atoms with Crippen LogP contribution in [-0.2, 0) is 9.59 Å². The first-order valence-electron chi connectivity index (χ1n) is 9.35. The number of anilines is 2. The summed E-state index contributed by atoms with van der Waals surface area (Å²) < 4.78 is 13.6. The van der Waals surface area contributed by atoms with E-state index >= 15 is 0 Å². The summed E-state index contributed by atoms with van der Waals surface area (Å²) in [4.78, 5) is 37.8. The summed E-state index contributed by atoms with van der Waals surface area (Å²) in [5.41, 5.74) is 2.87. The maximum atomic E-state index is 13.6. The van der Waals surface area contributed by atoms with Crippen LogP contribution in [0.5, 0.6) is 0 Å². The summed E-state index contributed by atoms with van der Waals surface area (Å²) in [6.07, 6.45) is 1.79. The van der Waals surface area contributed by atoms with Gasteiger partial charge in [0.05, 0.1) is 17.3 Å². The summed E-state index contributed by atoms with van der Waals surface area (Å²) in [7, 11) is 0. The topological polar surface area (TPSA) is 78.4 Å². The largest absolute Gasteiger partial charge is 0.352 e. The van der Waals surface area contributed by atoms with E-state index in [0.717, 1.165) is 17.2 Å². The van der Waals surface area contributed by atoms with Gasteiger partial charge in [0.15, 0.2) is 0 Å². The molecule has 1 N–H and O–H groups in total. The molecule has 1 saturated heterocycles. The molecule has 1 aromatic heterocycles. The van der Waals surface area contributed by atoms with E-state index < -0.39 is 11.7 Å². The highest BCUT2D eigenvalue weighted by atomic mass is 19.1. The summed E-state index contributed by atoms with van der Waals surface area (Å²) in [5, 5.41) is 2.72. The Labute approximate surface area is 162 Å². The number of carbonyl (C=O) groups is 2. The molecule has 1 aromatic carbocycles. The summed E-state index contributed by atoms with van der Waals surface area (Å²) in [6.45, 7) is 6.26. The number of piperazine rings is 1. The van der Waals surface area contributed by atoms with Gasteiger partial charge in [0.1, 0.15) is 11.6 Å². The lowest BCUT2D eigenvalue weighted by molar-refractivity contribution is -0.133. The van der Waals surface area contributed by atoms with Crippen LogP contribution < -0.4 is 10.2 Å². The predicted molar refractivity (Wildman–Crippen MR) is 103 cm³/mol. The number of hydrogen-bond donors (Lipinski definition) is 1. The Morgan fingerprint density at radius 1 is 1.25 bits per heavy atom. The van der Waals surface area contributed by atoms with Crippen LogP contribution in [-0.4, -0.2) is 52.9 Å². The van der Waals surface area contributed by atoms with E-state index in [1.807, 2.05) is 13.8 Å². The normalized spacial score (nSPS) is 18.8. The second-order valence-electron chi connectivity index (χ2n) is 7.27. The van der Waals surface area contributed by atoms with Crippen molar-refractivity contribution in [3.05, 3.63) is 47.2 Å². The number of rotatable bonds is 3. The molecule has 0 bridgehead atoms. The van der Waals surface area contributed by atoms with Gasteiger partial charge in [0.2, 0.25) is 11.8 Å². The zero-order chi connectivity index (χ0) is 19.8. The van der Waals surface area contributed by atoms with E-state index in [2.05, 4.69) is 20.2 Å². The molecule has 0 spiro atoms. The average Bonchev–Trinajstić information content (AvgIpc) is 2.98. The minimum Gasteiger partial charge on any atom is -0.352 e. The molecule has 146 valence electrons. The maximum absolute atomic E-state index is 13.6. The SMILES string of the molecule is Cc1cnc(C)c(N2CCN(C(=O)C[C@@H]3C(=O)Nc4ccc(F)cc43)CC2)n1. The van der Waals surface area contributed by atoms with Crippen molar-refractivity contribution in [1.29, 1.82) is 0 Å². The lowest BCUT2D eigenvalue weighted by atomic mass is 9.96. The highest BCUT2D eigenvalue weighted by Crippen LogP contribution is 2.35. The van der Waals surface area contributed by atoms with Crippen LogP contribution in [0.15, 0.2) is 24.4 Å². The fourth-order valence-electron chi connectivity index (χ4n) is 3.80. The molecule has 0 radical (unpaired) electrons. The van der Waals surface area contributed by atoms with E-state index in [0.29, 0.717) is 37.4 Å². The summed E-state index contributed by atoms with van der Waals surface area (Å²) in [6, 6.07) is 4.18. The quantitative estimate of drug-likeness (QED) is 0.877. The van der Waals surface area contributed by atoms with Crippen molar-refractivity contribution >= 4 is 23.3 Å². The van der Waals surface area contributed by atoms with Crippen LogP contribution in [0.2, 0.25) is 0 Å². The highest BCUT2D eigenvalue weighted by Gasteiger charge is 2.34. The van der Waals surface area contributed by atoms with Crippen LogP contribution in [0.3, 0.4) is 0 Å². The minimum absolute atomic E-state index is 0.0472. The number of halogens is 1. The molecule has 8 heteroatoms. The van der Waals surface area contributed by atoms with Crippen molar-refractivity contribution < 1.29 is 14.0 Å². The van der Waals surface area contributed by atoms with Gasteiger partial charge >= 0.3 is 0 Å². The molecule has 7 nitrogen and oxygen atoms in total. The van der Waals surface area contributed by atoms with Crippen LogP contribution in [0.25, 0.3) is 0 Å². The Balaban J connectivity index is 1.41. The first-order valence-corrected chi connectivity index (χ1v) is 9.35. The Kier molecular flexibility index (Phi) is 4.70. The van der Waals surface area contributed by atoms with E-state index in [1.165, 1.54) is 18.2 Å². The fraction of sp³-hybridized carbons (Fsp3) is 0.400. The maximum Gasteiger partial charge on any atom is 0.232 e. The van der Waals surface area contributed by atoms with Crippen LogP contribution in [0, 0.1) is 19.7 Å². The molecule has 2 aromatic rings. The Morgan fingerprint density at radius 2 is 2.00 bits per heavy atom. The van der Waals surface area contributed by atoms with Crippen molar-refractivity contribution in [3.8, 4) is 0 Å². The van der Waals surface area contributed by atoms with Crippen molar-refractivity contribution in [2.75, 3.05) is 36.4 Å². The molecular formula is C20H22FN5O2. The molecule has 1 atom stereocenters. The molecule has 1 fully saturated rings. The van der Waals surface area contributed by atoms with E-state index in [-0.39, 0.29) is 18.2 Å².